The van der Waals surface area contributed by atoms with Crippen LogP contribution < -0.4 is 11.2 Å². The molecule has 0 aromatic rings. The number of carbonyl (C=O) groups excluding carboxylic acids is 1. The molecule has 1 rings (SSSR count). The molecule has 5 heteroatoms. The highest BCUT2D eigenvalue weighted by atomic mass is 16.7. The van der Waals surface area contributed by atoms with Crippen LogP contribution in [0.5, 0.6) is 0 Å². The van der Waals surface area contributed by atoms with Gasteiger partial charge in [-0.2, -0.15) is 0 Å². The van der Waals surface area contributed by atoms with Crippen LogP contribution >= 0.6 is 0 Å². The van der Waals surface area contributed by atoms with E-state index in [0.29, 0.717) is 13.0 Å². The first-order chi connectivity index (χ1) is 8.04. The van der Waals surface area contributed by atoms with Gasteiger partial charge in [0.15, 0.2) is 0 Å². The number of nitrogens with two attached hydrogens (primary N) is 1. The van der Waals surface area contributed by atoms with Gasteiger partial charge in [-0.25, -0.2) is 5.48 Å². The summed E-state index contributed by atoms with van der Waals surface area (Å²) in [6, 6.07) is 0. The van der Waals surface area contributed by atoms with Gasteiger partial charge in [-0.15, -0.1) is 0 Å². The van der Waals surface area contributed by atoms with Crippen molar-refractivity contribution in [3.05, 3.63) is 0 Å². The van der Waals surface area contributed by atoms with Crippen molar-refractivity contribution in [1.29, 1.82) is 0 Å². The van der Waals surface area contributed by atoms with Crippen molar-refractivity contribution in [2.45, 2.75) is 65.2 Å². The van der Waals surface area contributed by atoms with Crippen LogP contribution in [0.1, 0.15) is 48.0 Å². The molecule has 1 amide bonds. The van der Waals surface area contributed by atoms with Crippen molar-refractivity contribution in [1.82, 2.24) is 5.48 Å². The van der Waals surface area contributed by atoms with Gasteiger partial charge in [-0.05, 0) is 27.7 Å². The minimum absolute atomic E-state index is 0.0212. The molecule has 0 saturated heterocycles. The van der Waals surface area contributed by atoms with Crippen LogP contribution in [0.3, 0.4) is 0 Å². The molecule has 18 heavy (non-hydrogen) atoms. The first kappa shape index (κ1) is 15.4. The van der Waals surface area contributed by atoms with Crippen LogP contribution in [0.2, 0.25) is 0 Å². The van der Waals surface area contributed by atoms with E-state index in [-0.39, 0.29) is 12.0 Å². The maximum absolute atomic E-state index is 12.1. The molecule has 1 aliphatic carbocycles. The fourth-order valence-corrected chi connectivity index (χ4v) is 2.11. The number of amides is 1. The highest BCUT2D eigenvalue weighted by molar-refractivity contribution is 5.88. The molecule has 0 heterocycles. The van der Waals surface area contributed by atoms with Crippen molar-refractivity contribution in [2.24, 2.45) is 11.1 Å². The van der Waals surface area contributed by atoms with Gasteiger partial charge in [0.1, 0.15) is 5.54 Å². The second kappa shape index (κ2) is 4.79. The molecular formula is C13H26N2O3. The van der Waals surface area contributed by atoms with E-state index >= 15 is 0 Å². The maximum atomic E-state index is 12.1. The first-order valence-electron chi connectivity index (χ1n) is 6.43. The highest BCUT2D eigenvalue weighted by Crippen LogP contribution is 2.49. The average Bonchev–Trinajstić information content (AvgIpc) is 2.24. The Morgan fingerprint density at radius 2 is 2.00 bits per heavy atom. The number of rotatable bonds is 4. The van der Waals surface area contributed by atoms with E-state index in [0.717, 1.165) is 0 Å². The predicted octanol–water partition coefficient (Wildman–Crippen LogP) is 1.37. The molecule has 1 fully saturated rings. The lowest BCUT2D eigenvalue weighted by molar-refractivity contribution is -0.186. The van der Waals surface area contributed by atoms with E-state index in [4.69, 9.17) is 15.3 Å². The lowest BCUT2D eigenvalue weighted by atomic mass is 9.54. The molecule has 1 aliphatic rings. The van der Waals surface area contributed by atoms with E-state index in [9.17, 15) is 4.79 Å². The van der Waals surface area contributed by atoms with E-state index in [2.05, 4.69) is 5.48 Å². The number of carbonyl (C=O) groups is 1. The third kappa shape index (κ3) is 2.68. The minimum atomic E-state index is -0.932. The summed E-state index contributed by atoms with van der Waals surface area (Å²) < 4.78 is 5.58. The SMILES string of the molecule is CCOC1CC(N)(C(=O)NOC(C)(C)C)C1(C)C. The summed E-state index contributed by atoms with van der Waals surface area (Å²) in [6.07, 6.45) is 0.542. The highest BCUT2D eigenvalue weighted by Gasteiger charge is 2.63. The average molecular weight is 258 g/mol. The molecule has 2 atom stereocenters. The Bertz CT molecular complexity index is 323. The van der Waals surface area contributed by atoms with Crippen molar-refractivity contribution in [3.63, 3.8) is 0 Å². The zero-order valence-corrected chi connectivity index (χ0v) is 12.3. The van der Waals surface area contributed by atoms with E-state index < -0.39 is 16.6 Å². The molecule has 5 nitrogen and oxygen atoms in total. The largest absolute Gasteiger partial charge is 0.378 e. The fraction of sp³-hybridized carbons (Fsp3) is 0.923. The summed E-state index contributed by atoms with van der Waals surface area (Å²) in [6.45, 7) is 12.1. The fourth-order valence-electron chi connectivity index (χ4n) is 2.11. The van der Waals surface area contributed by atoms with Crippen LogP contribution in [0, 0.1) is 5.41 Å². The van der Waals surface area contributed by atoms with Crippen molar-refractivity contribution < 1.29 is 14.4 Å². The Labute approximate surface area is 109 Å². The van der Waals surface area contributed by atoms with Crippen molar-refractivity contribution in [3.8, 4) is 0 Å². The quantitative estimate of drug-likeness (QED) is 0.747. The van der Waals surface area contributed by atoms with Crippen LogP contribution in [-0.2, 0) is 14.4 Å². The molecule has 0 spiro atoms. The van der Waals surface area contributed by atoms with Crippen molar-refractivity contribution in [2.75, 3.05) is 6.61 Å². The maximum Gasteiger partial charge on any atom is 0.264 e. The molecule has 3 N–H and O–H groups in total. The predicted molar refractivity (Wildman–Crippen MR) is 69.7 cm³/mol. The third-order valence-corrected chi connectivity index (χ3v) is 3.69. The smallest absolute Gasteiger partial charge is 0.264 e. The summed E-state index contributed by atoms with van der Waals surface area (Å²) in [5, 5.41) is 0. The second-order valence-corrected chi connectivity index (χ2v) is 6.49. The Morgan fingerprint density at radius 3 is 2.39 bits per heavy atom. The molecule has 0 aromatic carbocycles. The van der Waals surface area contributed by atoms with Crippen LogP contribution in [-0.4, -0.2) is 29.8 Å². The topological polar surface area (TPSA) is 73.6 Å². The van der Waals surface area contributed by atoms with Gasteiger partial charge in [0.2, 0.25) is 0 Å². The monoisotopic (exact) mass is 258 g/mol. The second-order valence-electron chi connectivity index (χ2n) is 6.49. The molecule has 0 bridgehead atoms. The summed E-state index contributed by atoms with van der Waals surface area (Å²) in [4.78, 5) is 17.4. The van der Waals surface area contributed by atoms with Crippen LogP contribution in [0.25, 0.3) is 0 Å². The molecule has 106 valence electrons. The Kier molecular flexibility index (Phi) is 4.10. The zero-order chi connectivity index (χ0) is 14.2. The lowest BCUT2D eigenvalue weighted by Crippen LogP contribution is -2.75. The van der Waals surface area contributed by atoms with E-state index in [1.54, 1.807) is 0 Å². The van der Waals surface area contributed by atoms with Gasteiger partial charge in [0.25, 0.3) is 5.91 Å². The Morgan fingerprint density at radius 1 is 1.44 bits per heavy atom. The summed E-state index contributed by atoms with van der Waals surface area (Å²) in [5.41, 5.74) is 6.91. The zero-order valence-electron chi connectivity index (χ0n) is 12.3. The molecule has 1 saturated carbocycles. The molecular weight excluding hydrogens is 232 g/mol. The van der Waals surface area contributed by atoms with Gasteiger partial charge >= 0.3 is 0 Å². The first-order valence-corrected chi connectivity index (χ1v) is 6.43. The molecule has 0 aromatic heterocycles. The van der Waals surface area contributed by atoms with Gasteiger partial charge in [0.05, 0.1) is 11.7 Å². The van der Waals surface area contributed by atoms with Gasteiger partial charge in [-0.3, -0.25) is 9.63 Å². The summed E-state index contributed by atoms with van der Waals surface area (Å²) in [7, 11) is 0. The molecule has 0 radical (unpaired) electrons. The lowest BCUT2D eigenvalue weighted by Gasteiger charge is -2.57. The Balaban J connectivity index is 2.64. The van der Waals surface area contributed by atoms with Crippen LogP contribution in [0.15, 0.2) is 0 Å². The summed E-state index contributed by atoms with van der Waals surface area (Å²) >= 11 is 0. The number of hydrogen-bond acceptors (Lipinski definition) is 4. The number of hydrogen-bond donors (Lipinski definition) is 2. The standard InChI is InChI=1S/C13H26N2O3/c1-7-17-9-8-13(14,12(9,5)6)10(16)15-18-11(2,3)4/h9H,7-8,14H2,1-6H3,(H,15,16). The van der Waals surface area contributed by atoms with Gasteiger partial charge in [-0.1, -0.05) is 13.8 Å². The normalized spacial score (nSPS) is 30.7. The van der Waals surface area contributed by atoms with Crippen molar-refractivity contribution >= 4 is 5.91 Å². The van der Waals surface area contributed by atoms with Crippen LogP contribution in [0.4, 0.5) is 0 Å². The Hall–Kier alpha value is -0.650. The van der Waals surface area contributed by atoms with E-state index in [1.807, 2.05) is 41.5 Å². The minimum Gasteiger partial charge on any atom is -0.378 e. The van der Waals surface area contributed by atoms with Gasteiger partial charge < -0.3 is 10.5 Å². The number of ether oxygens (including phenoxy) is 1. The number of nitrogens with one attached hydrogen (secondary N) is 1. The molecule has 0 aliphatic heterocycles. The van der Waals surface area contributed by atoms with Gasteiger partial charge in [0, 0.05) is 18.4 Å². The molecule has 2 unspecified atom stereocenters. The van der Waals surface area contributed by atoms with E-state index in [1.165, 1.54) is 0 Å². The number of hydroxylamine groups is 1. The summed E-state index contributed by atoms with van der Waals surface area (Å²) in [5.74, 6) is -0.279. The third-order valence-electron chi connectivity index (χ3n) is 3.69.